The maximum atomic E-state index is 13.6. The fourth-order valence-corrected chi connectivity index (χ4v) is 6.20. The van der Waals surface area contributed by atoms with Gasteiger partial charge >= 0.3 is 39.2 Å². The Kier molecular flexibility index (Phi) is 7.51. The molecule has 12 nitrogen and oxygen atoms in total. The molecule has 38 heavy (non-hydrogen) atoms. The Balaban J connectivity index is 1.37. The molecule has 0 radical (unpaired) electrons. The molecule has 2 bridgehead atoms. The molecular weight excluding hydrogens is 538 g/mol. The molecule has 4 aliphatic rings. The highest BCUT2D eigenvalue weighted by atomic mass is 32.2. The van der Waals surface area contributed by atoms with Gasteiger partial charge in [0.25, 0.3) is 0 Å². The minimum atomic E-state index is -5.83. The van der Waals surface area contributed by atoms with E-state index in [2.05, 4.69) is 4.74 Å². The van der Waals surface area contributed by atoms with Gasteiger partial charge in [0.05, 0.1) is 12.8 Å². The zero-order valence-electron chi connectivity index (χ0n) is 21.0. The minimum absolute atomic E-state index is 0.0465. The largest absolute Gasteiger partial charge is 0.458 e. The van der Waals surface area contributed by atoms with Gasteiger partial charge in [0.1, 0.15) is 29.6 Å². The standard InChI is InChI=1S/C23H30F2O12S/c1-10(2)22(8-4-5-9-22)37-21(29)15-14-16-19(36-20(14)28)18(17(15)35-16)34-13(27)7-6-12(26)33-11(3)23(24,25)38(30,31)32/h10-11,14-19H,4-9H2,1-3H3,(H,30,31,32). The first-order valence-corrected chi connectivity index (χ1v) is 13.9. The number of carbonyl (C=O) groups excluding carboxylic acids is 4. The van der Waals surface area contributed by atoms with Crippen molar-refractivity contribution in [3.05, 3.63) is 0 Å². The van der Waals surface area contributed by atoms with Gasteiger partial charge in [-0.3, -0.25) is 23.7 Å². The topological polar surface area (TPSA) is 169 Å². The molecule has 0 aromatic heterocycles. The molecule has 4 fully saturated rings. The highest BCUT2D eigenvalue weighted by Crippen LogP contribution is 2.52. The number of ether oxygens (including phenoxy) is 5. The lowest BCUT2D eigenvalue weighted by molar-refractivity contribution is -0.177. The van der Waals surface area contributed by atoms with Crippen molar-refractivity contribution in [2.75, 3.05) is 0 Å². The third kappa shape index (κ3) is 4.88. The van der Waals surface area contributed by atoms with Crippen molar-refractivity contribution in [1.82, 2.24) is 0 Å². The number of alkyl halides is 2. The Morgan fingerprint density at radius 1 is 1.08 bits per heavy atom. The average Bonchev–Trinajstić information content (AvgIpc) is 3.55. The number of halogens is 2. The maximum absolute atomic E-state index is 13.6. The molecule has 0 amide bonds. The van der Waals surface area contributed by atoms with Crippen molar-refractivity contribution in [3.8, 4) is 0 Å². The van der Waals surface area contributed by atoms with E-state index in [0.29, 0.717) is 19.8 Å². The fraction of sp³-hybridized carbons (Fsp3) is 0.826. The van der Waals surface area contributed by atoms with Crippen LogP contribution in [0.2, 0.25) is 0 Å². The van der Waals surface area contributed by atoms with E-state index in [1.807, 2.05) is 13.8 Å². The SMILES string of the molecule is CC(C)C1(OC(=O)C2C3OC4C(OC(=O)C42)C3OC(=O)CCC(=O)OC(C)C(F)(F)S(=O)(=O)O)CCCC1. The van der Waals surface area contributed by atoms with Crippen LogP contribution in [0.25, 0.3) is 0 Å². The van der Waals surface area contributed by atoms with Gasteiger partial charge in [-0.25, -0.2) is 0 Å². The molecule has 3 aliphatic heterocycles. The van der Waals surface area contributed by atoms with Crippen molar-refractivity contribution >= 4 is 34.0 Å². The van der Waals surface area contributed by atoms with Gasteiger partial charge in [-0.05, 0) is 38.5 Å². The Hall–Kier alpha value is -2.39. The normalized spacial score (nSPS) is 32.2. The molecule has 0 spiro atoms. The van der Waals surface area contributed by atoms with Gasteiger partial charge in [0.15, 0.2) is 18.3 Å². The van der Waals surface area contributed by atoms with Crippen LogP contribution in [0.5, 0.6) is 0 Å². The minimum Gasteiger partial charge on any atom is -0.458 e. The second-order valence-electron chi connectivity index (χ2n) is 10.5. The van der Waals surface area contributed by atoms with E-state index in [1.165, 1.54) is 0 Å². The molecule has 3 saturated heterocycles. The van der Waals surface area contributed by atoms with Crippen molar-refractivity contribution in [3.63, 3.8) is 0 Å². The van der Waals surface area contributed by atoms with E-state index < -0.39 is 100 Å². The van der Waals surface area contributed by atoms with Crippen LogP contribution in [0.4, 0.5) is 8.78 Å². The molecule has 214 valence electrons. The summed E-state index contributed by atoms with van der Waals surface area (Å²) in [5.74, 6) is -5.51. The van der Waals surface area contributed by atoms with Gasteiger partial charge in [-0.2, -0.15) is 17.2 Å². The van der Waals surface area contributed by atoms with Gasteiger partial charge in [-0.1, -0.05) is 13.8 Å². The number of hydrogen-bond acceptors (Lipinski definition) is 11. The molecule has 7 atom stereocenters. The number of rotatable bonds is 10. The molecule has 0 aromatic rings. The zero-order valence-corrected chi connectivity index (χ0v) is 21.8. The smallest absolute Gasteiger partial charge is 0.405 e. The molecule has 15 heteroatoms. The highest BCUT2D eigenvalue weighted by Gasteiger charge is 2.72. The van der Waals surface area contributed by atoms with Crippen LogP contribution < -0.4 is 0 Å². The van der Waals surface area contributed by atoms with E-state index >= 15 is 0 Å². The summed E-state index contributed by atoms with van der Waals surface area (Å²) in [4.78, 5) is 50.1. The fourth-order valence-electron chi connectivity index (χ4n) is 5.73. The lowest BCUT2D eigenvalue weighted by Gasteiger charge is -2.36. The second kappa shape index (κ2) is 9.97. The van der Waals surface area contributed by atoms with E-state index in [-0.39, 0.29) is 5.92 Å². The summed E-state index contributed by atoms with van der Waals surface area (Å²) in [6, 6.07) is 0. The highest BCUT2D eigenvalue weighted by molar-refractivity contribution is 7.86. The van der Waals surface area contributed by atoms with E-state index in [0.717, 1.165) is 12.8 Å². The molecule has 7 unspecified atom stereocenters. The van der Waals surface area contributed by atoms with E-state index in [1.54, 1.807) is 0 Å². The average molecular weight is 569 g/mol. The Morgan fingerprint density at radius 3 is 2.26 bits per heavy atom. The summed E-state index contributed by atoms with van der Waals surface area (Å²) < 4.78 is 84.0. The quantitative estimate of drug-likeness (QED) is 0.230. The third-order valence-corrected chi connectivity index (χ3v) is 8.93. The first kappa shape index (κ1) is 28.6. The lowest BCUT2D eigenvalue weighted by Crippen LogP contribution is -2.50. The van der Waals surface area contributed by atoms with Crippen LogP contribution in [-0.4, -0.2) is 78.2 Å². The molecule has 4 rings (SSSR count). The molecular formula is C23H30F2O12S. The van der Waals surface area contributed by atoms with Gasteiger partial charge in [0.2, 0.25) is 0 Å². The van der Waals surface area contributed by atoms with Crippen molar-refractivity contribution in [2.24, 2.45) is 17.8 Å². The summed E-state index contributed by atoms with van der Waals surface area (Å²) in [5.41, 5.74) is -0.656. The number of esters is 4. The summed E-state index contributed by atoms with van der Waals surface area (Å²) in [6.07, 6.45) is -4.63. The second-order valence-corrected chi connectivity index (χ2v) is 12.0. The van der Waals surface area contributed by atoms with Crippen LogP contribution in [0.1, 0.15) is 59.3 Å². The van der Waals surface area contributed by atoms with Gasteiger partial charge in [0, 0.05) is 0 Å². The lowest BCUT2D eigenvalue weighted by atomic mass is 9.78. The Morgan fingerprint density at radius 2 is 1.68 bits per heavy atom. The maximum Gasteiger partial charge on any atom is 0.405 e. The van der Waals surface area contributed by atoms with Crippen molar-refractivity contribution in [1.29, 1.82) is 0 Å². The van der Waals surface area contributed by atoms with Crippen LogP contribution in [0.15, 0.2) is 0 Å². The third-order valence-electron chi connectivity index (χ3n) is 7.91. The number of carbonyl (C=O) groups is 4. The Labute approximate surface area is 217 Å². The van der Waals surface area contributed by atoms with Crippen LogP contribution in [-0.2, 0) is 53.0 Å². The van der Waals surface area contributed by atoms with Crippen molar-refractivity contribution in [2.45, 2.75) is 101 Å². The van der Waals surface area contributed by atoms with Gasteiger partial charge < -0.3 is 23.7 Å². The molecule has 3 heterocycles. The first-order chi connectivity index (χ1) is 17.6. The zero-order chi connectivity index (χ0) is 28.2. The molecule has 1 saturated carbocycles. The van der Waals surface area contributed by atoms with Crippen LogP contribution >= 0.6 is 0 Å². The Bertz CT molecular complexity index is 1100. The monoisotopic (exact) mass is 568 g/mol. The summed E-state index contributed by atoms with van der Waals surface area (Å²) in [6.45, 7) is 4.47. The predicted octanol–water partition coefficient (Wildman–Crippen LogP) is 1.54. The van der Waals surface area contributed by atoms with E-state index in [4.69, 9.17) is 23.5 Å². The molecule has 0 aromatic carbocycles. The summed E-state index contributed by atoms with van der Waals surface area (Å²) >= 11 is 0. The van der Waals surface area contributed by atoms with Crippen LogP contribution in [0, 0.1) is 17.8 Å². The molecule has 1 aliphatic carbocycles. The predicted molar refractivity (Wildman–Crippen MR) is 119 cm³/mol. The van der Waals surface area contributed by atoms with Crippen LogP contribution in [0.3, 0.4) is 0 Å². The number of fused-ring (bicyclic) bond motifs is 1. The summed E-state index contributed by atoms with van der Waals surface area (Å²) in [5, 5.41) is -4.75. The van der Waals surface area contributed by atoms with Crippen molar-refractivity contribution < 1.29 is 64.6 Å². The number of hydrogen-bond donors (Lipinski definition) is 1. The van der Waals surface area contributed by atoms with E-state index in [9.17, 15) is 36.4 Å². The summed E-state index contributed by atoms with van der Waals surface area (Å²) in [7, 11) is -5.83. The molecule has 1 N–H and O–H groups in total. The first-order valence-electron chi connectivity index (χ1n) is 12.4. The van der Waals surface area contributed by atoms with Gasteiger partial charge in [-0.15, -0.1) is 0 Å².